The van der Waals surface area contributed by atoms with Gasteiger partial charge in [0.15, 0.2) is 0 Å². The third-order valence-corrected chi connectivity index (χ3v) is 3.58. The van der Waals surface area contributed by atoms with Gasteiger partial charge in [-0.2, -0.15) is 0 Å². The summed E-state index contributed by atoms with van der Waals surface area (Å²) in [6.07, 6.45) is 3.02. The molecule has 0 radical (unpaired) electrons. The molecule has 78 valence electrons. The first-order valence-electron chi connectivity index (χ1n) is 4.78. The van der Waals surface area contributed by atoms with Crippen molar-refractivity contribution in [2.45, 2.75) is 18.4 Å². The van der Waals surface area contributed by atoms with Crippen molar-refractivity contribution in [2.75, 3.05) is 18.8 Å². The van der Waals surface area contributed by atoms with Gasteiger partial charge in [0.1, 0.15) is 5.03 Å². The Morgan fingerprint density at radius 2 is 2.36 bits per heavy atom. The number of hydrogen-bond donors (Lipinski definition) is 1. The van der Waals surface area contributed by atoms with Crippen molar-refractivity contribution in [2.24, 2.45) is 0 Å². The van der Waals surface area contributed by atoms with E-state index in [-0.39, 0.29) is 0 Å². The van der Waals surface area contributed by atoms with E-state index < -0.39 is 0 Å². The summed E-state index contributed by atoms with van der Waals surface area (Å²) in [5.74, 6) is 1.07. The lowest BCUT2D eigenvalue weighted by atomic mass is 10.5. The van der Waals surface area contributed by atoms with Crippen LogP contribution in [0.5, 0.6) is 0 Å². The highest BCUT2D eigenvalue weighted by Gasteiger charge is 1.99. The van der Waals surface area contributed by atoms with Gasteiger partial charge >= 0.3 is 0 Å². The number of nitrogens with zero attached hydrogens (tertiary/aromatic N) is 1. The Labute approximate surface area is 98.0 Å². The fourth-order valence-corrected chi connectivity index (χ4v) is 2.38. The van der Waals surface area contributed by atoms with Crippen LogP contribution in [-0.2, 0) is 0 Å². The van der Waals surface area contributed by atoms with Crippen molar-refractivity contribution in [3.05, 3.63) is 22.8 Å². The predicted molar refractivity (Wildman–Crippen MR) is 65.8 cm³/mol. The van der Waals surface area contributed by atoms with Crippen LogP contribution >= 0.6 is 27.7 Å². The van der Waals surface area contributed by atoms with Gasteiger partial charge in [-0.25, -0.2) is 4.98 Å². The van der Waals surface area contributed by atoms with Crippen molar-refractivity contribution in [1.82, 2.24) is 10.3 Å². The number of aromatic nitrogens is 1. The van der Waals surface area contributed by atoms with E-state index in [1.165, 1.54) is 6.42 Å². The number of pyridine rings is 1. The summed E-state index contributed by atoms with van der Waals surface area (Å²) in [5.41, 5.74) is 0. The Balaban J connectivity index is 2.21. The monoisotopic (exact) mass is 274 g/mol. The molecule has 0 aromatic carbocycles. The molecule has 0 spiro atoms. The molecule has 2 nitrogen and oxygen atoms in total. The molecule has 0 aliphatic carbocycles. The van der Waals surface area contributed by atoms with E-state index in [9.17, 15) is 0 Å². The molecular weight excluding hydrogens is 260 g/mol. The van der Waals surface area contributed by atoms with Crippen LogP contribution in [0.2, 0.25) is 0 Å². The van der Waals surface area contributed by atoms with Crippen LogP contribution < -0.4 is 5.32 Å². The van der Waals surface area contributed by atoms with E-state index >= 15 is 0 Å². The molecule has 14 heavy (non-hydrogen) atoms. The minimum atomic E-state index is 1.04. The van der Waals surface area contributed by atoms with E-state index in [2.05, 4.69) is 33.2 Å². The largest absolute Gasteiger partial charge is 0.316 e. The minimum Gasteiger partial charge on any atom is -0.316 e. The van der Waals surface area contributed by atoms with Crippen LogP contribution in [0.1, 0.15) is 13.3 Å². The summed E-state index contributed by atoms with van der Waals surface area (Å²) in [7, 11) is 0. The van der Waals surface area contributed by atoms with E-state index in [0.29, 0.717) is 0 Å². The van der Waals surface area contributed by atoms with Crippen molar-refractivity contribution < 1.29 is 0 Å². The van der Waals surface area contributed by atoms with Crippen LogP contribution in [0.3, 0.4) is 0 Å². The Kier molecular flexibility index (Phi) is 6.23. The molecule has 1 aromatic heterocycles. The first-order valence-corrected chi connectivity index (χ1v) is 6.56. The maximum Gasteiger partial charge on any atom is 0.110 e. The molecule has 0 aliphatic rings. The average molecular weight is 275 g/mol. The quantitative estimate of drug-likeness (QED) is 0.638. The molecule has 1 N–H and O–H groups in total. The molecular formula is C10H15BrN2S. The first kappa shape index (κ1) is 12.0. The van der Waals surface area contributed by atoms with Crippen LogP contribution in [0.4, 0.5) is 0 Å². The molecule has 0 atom stereocenters. The average Bonchev–Trinajstić information content (AvgIpc) is 2.20. The lowest BCUT2D eigenvalue weighted by Crippen LogP contribution is -2.17. The first-order chi connectivity index (χ1) is 6.84. The highest BCUT2D eigenvalue weighted by Crippen LogP contribution is 2.23. The third-order valence-electron chi connectivity index (χ3n) is 1.67. The molecule has 4 heteroatoms. The van der Waals surface area contributed by atoms with E-state index in [1.54, 1.807) is 11.8 Å². The van der Waals surface area contributed by atoms with Gasteiger partial charge in [0.05, 0.1) is 0 Å². The Morgan fingerprint density at radius 3 is 3.07 bits per heavy atom. The molecule has 1 aromatic rings. The normalized spacial score (nSPS) is 10.4. The number of rotatable bonds is 6. The Hall–Kier alpha value is -0.0600. The summed E-state index contributed by atoms with van der Waals surface area (Å²) in [5, 5.41) is 4.44. The maximum atomic E-state index is 4.28. The number of nitrogens with one attached hydrogen (secondary N) is 1. The summed E-state index contributed by atoms with van der Waals surface area (Å²) in [6.45, 7) is 4.32. The van der Waals surface area contributed by atoms with Crippen LogP contribution in [0.15, 0.2) is 27.8 Å². The molecule has 0 saturated carbocycles. The fraction of sp³-hybridized carbons (Fsp3) is 0.500. The molecule has 1 rings (SSSR count). The second-order valence-corrected chi connectivity index (χ2v) is 4.83. The molecule has 1 heterocycles. The Bertz CT molecular complexity index is 268. The van der Waals surface area contributed by atoms with E-state index in [0.717, 1.165) is 28.3 Å². The predicted octanol–water partition coefficient (Wildman–Crippen LogP) is 2.94. The lowest BCUT2D eigenvalue weighted by molar-refractivity contribution is 0.707. The number of hydrogen-bond acceptors (Lipinski definition) is 3. The lowest BCUT2D eigenvalue weighted by Gasteiger charge is -2.03. The van der Waals surface area contributed by atoms with Gasteiger partial charge in [0.2, 0.25) is 0 Å². The minimum absolute atomic E-state index is 1.04. The summed E-state index contributed by atoms with van der Waals surface area (Å²) in [4.78, 5) is 4.28. The van der Waals surface area contributed by atoms with Crippen LogP contribution in [0.25, 0.3) is 0 Å². The van der Waals surface area contributed by atoms with Gasteiger partial charge in [0, 0.05) is 23.0 Å². The summed E-state index contributed by atoms with van der Waals surface area (Å²) < 4.78 is 1.08. The molecule has 0 saturated heterocycles. The Morgan fingerprint density at radius 1 is 1.50 bits per heavy atom. The van der Waals surface area contributed by atoms with Gasteiger partial charge < -0.3 is 5.32 Å². The van der Waals surface area contributed by atoms with Crippen molar-refractivity contribution >= 4 is 27.7 Å². The van der Waals surface area contributed by atoms with E-state index in [1.807, 2.05) is 18.3 Å². The van der Waals surface area contributed by atoms with Crippen molar-refractivity contribution in [3.63, 3.8) is 0 Å². The van der Waals surface area contributed by atoms with Crippen LogP contribution in [0, 0.1) is 0 Å². The highest BCUT2D eigenvalue weighted by atomic mass is 79.9. The zero-order valence-corrected chi connectivity index (χ0v) is 10.7. The molecule has 0 unspecified atom stereocenters. The summed E-state index contributed by atoms with van der Waals surface area (Å²) in [6, 6.07) is 3.96. The zero-order valence-electron chi connectivity index (χ0n) is 8.29. The van der Waals surface area contributed by atoms with E-state index in [4.69, 9.17) is 0 Å². The smallest absolute Gasteiger partial charge is 0.110 e. The highest BCUT2D eigenvalue weighted by molar-refractivity contribution is 9.10. The van der Waals surface area contributed by atoms with Crippen molar-refractivity contribution in [3.8, 4) is 0 Å². The van der Waals surface area contributed by atoms with Gasteiger partial charge in [-0.05, 0) is 41.0 Å². The molecule has 0 amide bonds. The van der Waals surface area contributed by atoms with Gasteiger partial charge in [-0.1, -0.05) is 6.92 Å². The maximum absolute atomic E-state index is 4.28. The second-order valence-electron chi connectivity index (χ2n) is 2.89. The topological polar surface area (TPSA) is 24.9 Å². The fourth-order valence-electron chi connectivity index (χ4n) is 0.999. The SMILES string of the molecule is CCCNCCSc1ncccc1Br. The second kappa shape index (κ2) is 7.26. The molecule has 0 fully saturated rings. The molecule has 0 bridgehead atoms. The van der Waals surface area contributed by atoms with Gasteiger partial charge in [0.25, 0.3) is 0 Å². The van der Waals surface area contributed by atoms with Crippen LogP contribution in [-0.4, -0.2) is 23.8 Å². The third kappa shape index (κ3) is 4.44. The van der Waals surface area contributed by atoms with Gasteiger partial charge in [-0.15, -0.1) is 11.8 Å². The standard InChI is InChI=1S/C10H15BrN2S/c1-2-5-12-7-8-14-10-9(11)4-3-6-13-10/h3-4,6,12H,2,5,7-8H2,1H3. The van der Waals surface area contributed by atoms with Crippen molar-refractivity contribution in [1.29, 1.82) is 0 Å². The number of halogens is 1. The zero-order chi connectivity index (χ0) is 10.2. The summed E-state index contributed by atoms with van der Waals surface area (Å²) >= 11 is 5.25. The van der Waals surface area contributed by atoms with Gasteiger partial charge in [-0.3, -0.25) is 0 Å². The molecule has 0 aliphatic heterocycles. The number of thioether (sulfide) groups is 1.